The molecule has 0 unspecified atom stereocenters. The van der Waals surface area contributed by atoms with Crippen LogP contribution in [0.25, 0.3) is 0 Å². The van der Waals surface area contributed by atoms with Crippen LogP contribution in [0.2, 0.25) is 0 Å². The number of nitrogens with two attached hydrogens (primary N) is 1. The Bertz CT molecular complexity index is 235. The van der Waals surface area contributed by atoms with Crippen LogP contribution in [-0.2, 0) is 4.79 Å². The highest BCUT2D eigenvalue weighted by atomic mass is 16.1. The molecule has 0 spiro atoms. The smallest absolute Gasteiger partial charge is 0.223 e. The summed E-state index contributed by atoms with van der Waals surface area (Å²) in [5, 5.41) is 0. The van der Waals surface area contributed by atoms with Crippen LogP contribution in [0.3, 0.4) is 0 Å². The molecule has 2 N–H and O–H groups in total. The predicted octanol–water partition coefficient (Wildman–Crippen LogP) is 4.42. The Labute approximate surface area is 113 Å². The van der Waals surface area contributed by atoms with Crippen molar-refractivity contribution in [3.05, 3.63) is 0 Å². The van der Waals surface area contributed by atoms with Gasteiger partial charge in [0.2, 0.25) is 5.91 Å². The Morgan fingerprint density at radius 1 is 1.06 bits per heavy atom. The minimum atomic E-state index is -0.188. The van der Waals surface area contributed by atoms with Crippen LogP contribution >= 0.6 is 0 Å². The van der Waals surface area contributed by atoms with Gasteiger partial charge in [-0.15, -0.1) is 0 Å². The van der Waals surface area contributed by atoms with Crippen LogP contribution in [0.4, 0.5) is 0 Å². The highest BCUT2D eigenvalue weighted by Gasteiger charge is 2.42. The highest BCUT2D eigenvalue weighted by Crippen LogP contribution is 2.45. The van der Waals surface area contributed by atoms with Crippen molar-refractivity contribution in [3.8, 4) is 0 Å². The molecule has 0 radical (unpaired) electrons. The lowest BCUT2D eigenvalue weighted by Gasteiger charge is -2.40. The van der Waals surface area contributed by atoms with E-state index in [9.17, 15) is 4.79 Å². The minimum Gasteiger partial charge on any atom is -0.369 e. The molecule has 0 aromatic heterocycles. The third-order valence-electron chi connectivity index (χ3n) is 4.83. The van der Waals surface area contributed by atoms with Crippen molar-refractivity contribution in [1.82, 2.24) is 0 Å². The Hall–Kier alpha value is -0.530. The molecule has 0 aromatic rings. The van der Waals surface area contributed by atoms with Crippen molar-refractivity contribution >= 4 is 5.91 Å². The van der Waals surface area contributed by atoms with Gasteiger partial charge in [0, 0.05) is 0 Å². The molecule has 1 rings (SSSR count). The van der Waals surface area contributed by atoms with E-state index in [1.165, 1.54) is 32.1 Å². The molecule has 18 heavy (non-hydrogen) atoms. The van der Waals surface area contributed by atoms with E-state index < -0.39 is 0 Å². The summed E-state index contributed by atoms with van der Waals surface area (Å²) in [5.41, 5.74) is 5.66. The summed E-state index contributed by atoms with van der Waals surface area (Å²) in [6.07, 6.45) is 13.0. The molecule has 2 heteroatoms. The first-order chi connectivity index (χ1) is 8.67. The van der Waals surface area contributed by atoms with Crippen LogP contribution in [0.1, 0.15) is 84.5 Å². The zero-order valence-corrected chi connectivity index (χ0v) is 12.3. The lowest BCUT2D eigenvalue weighted by molar-refractivity contribution is -0.133. The third kappa shape index (κ3) is 3.73. The van der Waals surface area contributed by atoms with E-state index in [1.807, 2.05) is 0 Å². The van der Waals surface area contributed by atoms with E-state index in [-0.39, 0.29) is 11.3 Å². The van der Waals surface area contributed by atoms with Gasteiger partial charge in [-0.2, -0.15) is 0 Å². The van der Waals surface area contributed by atoms with Crippen LogP contribution in [-0.4, -0.2) is 5.91 Å². The Morgan fingerprint density at radius 2 is 1.56 bits per heavy atom. The number of unbranched alkanes of at least 4 members (excludes halogenated alkanes) is 2. The SMILES string of the molecule is CCCCC(CCCC)(C(N)=O)C1CCCCC1. The molecule has 0 heterocycles. The highest BCUT2D eigenvalue weighted by molar-refractivity contribution is 5.81. The monoisotopic (exact) mass is 253 g/mol. The number of hydrogen-bond donors (Lipinski definition) is 1. The maximum absolute atomic E-state index is 12.2. The van der Waals surface area contributed by atoms with E-state index in [1.54, 1.807) is 0 Å². The molecule has 0 aliphatic heterocycles. The van der Waals surface area contributed by atoms with Crippen LogP contribution < -0.4 is 5.73 Å². The maximum atomic E-state index is 12.2. The largest absolute Gasteiger partial charge is 0.369 e. The summed E-state index contributed by atoms with van der Waals surface area (Å²) in [6.45, 7) is 4.40. The molecule has 0 bridgehead atoms. The number of carbonyl (C=O) groups is 1. The standard InChI is InChI=1S/C16H31NO/c1-3-5-12-16(15(17)18,13-6-4-2)14-10-8-7-9-11-14/h14H,3-13H2,1-2H3,(H2,17,18). The van der Waals surface area contributed by atoms with Gasteiger partial charge in [-0.1, -0.05) is 58.8 Å². The number of hydrogen-bond acceptors (Lipinski definition) is 1. The van der Waals surface area contributed by atoms with Crippen molar-refractivity contribution in [2.45, 2.75) is 84.5 Å². The molecule has 0 aromatic carbocycles. The number of carbonyl (C=O) groups excluding carboxylic acids is 1. The topological polar surface area (TPSA) is 43.1 Å². The predicted molar refractivity (Wildman–Crippen MR) is 77.3 cm³/mol. The number of amides is 1. The number of rotatable bonds is 8. The average molecular weight is 253 g/mol. The molecule has 1 aliphatic carbocycles. The van der Waals surface area contributed by atoms with Gasteiger partial charge >= 0.3 is 0 Å². The molecule has 106 valence electrons. The van der Waals surface area contributed by atoms with Gasteiger partial charge in [-0.25, -0.2) is 0 Å². The van der Waals surface area contributed by atoms with Crippen molar-refractivity contribution < 1.29 is 4.79 Å². The fourth-order valence-corrected chi connectivity index (χ4v) is 3.62. The van der Waals surface area contributed by atoms with Gasteiger partial charge in [0.1, 0.15) is 0 Å². The van der Waals surface area contributed by atoms with Gasteiger partial charge < -0.3 is 5.73 Å². The molecule has 1 fully saturated rings. The number of primary amides is 1. The summed E-state index contributed by atoms with van der Waals surface area (Å²) < 4.78 is 0. The third-order valence-corrected chi connectivity index (χ3v) is 4.83. The van der Waals surface area contributed by atoms with Crippen molar-refractivity contribution in [2.75, 3.05) is 0 Å². The van der Waals surface area contributed by atoms with Gasteiger partial charge in [-0.3, -0.25) is 4.79 Å². The van der Waals surface area contributed by atoms with Crippen LogP contribution in [0, 0.1) is 11.3 Å². The van der Waals surface area contributed by atoms with E-state index in [2.05, 4.69) is 13.8 Å². The van der Waals surface area contributed by atoms with Crippen LogP contribution in [0.15, 0.2) is 0 Å². The van der Waals surface area contributed by atoms with Crippen molar-refractivity contribution in [2.24, 2.45) is 17.1 Å². The fraction of sp³-hybridized carbons (Fsp3) is 0.938. The van der Waals surface area contributed by atoms with E-state index in [0.29, 0.717) is 5.92 Å². The second kappa shape index (κ2) is 7.81. The van der Waals surface area contributed by atoms with Crippen molar-refractivity contribution in [3.63, 3.8) is 0 Å². The fourth-order valence-electron chi connectivity index (χ4n) is 3.62. The van der Waals surface area contributed by atoms with Gasteiger partial charge in [0.15, 0.2) is 0 Å². The van der Waals surface area contributed by atoms with E-state index in [4.69, 9.17) is 5.73 Å². The summed E-state index contributed by atoms with van der Waals surface area (Å²) >= 11 is 0. The lowest BCUT2D eigenvalue weighted by atomic mass is 9.63. The van der Waals surface area contributed by atoms with Crippen molar-refractivity contribution in [1.29, 1.82) is 0 Å². The summed E-state index contributed by atoms with van der Waals surface area (Å²) in [7, 11) is 0. The molecule has 1 saturated carbocycles. The Kier molecular flexibility index (Phi) is 6.73. The zero-order chi connectivity index (χ0) is 13.4. The average Bonchev–Trinajstić information content (AvgIpc) is 2.40. The Morgan fingerprint density at radius 3 is 1.94 bits per heavy atom. The first-order valence-corrected chi connectivity index (χ1v) is 7.97. The van der Waals surface area contributed by atoms with Gasteiger partial charge in [0.25, 0.3) is 0 Å². The molecule has 1 amide bonds. The zero-order valence-electron chi connectivity index (χ0n) is 12.3. The minimum absolute atomic E-state index is 0.0173. The second-order valence-electron chi connectivity index (χ2n) is 6.06. The summed E-state index contributed by atoms with van der Waals surface area (Å²) in [5.74, 6) is 0.540. The van der Waals surface area contributed by atoms with E-state index in [0.717, 1.165) is 38.5 Å². The van der Waals surface area contributed by atoms with E-state index >= 15 is 0 Å². The molecule has 1 aliphatic rings. The molecule has 2 nitrogen and oxygen atoms in total. The Balaban J connectivity index is 2.82. The quantitative estimate of drug-likeness (QED) is 0.683. The van der Waals surface area contributed by atoms with Gasteiger partial charge in [0.05, 0.1) is 5.41 Å². The lowest BCUT2D eigenvalue weighted by Crippen LogP contribution is -2.44. The molecular formula is C16H31NO. The molecule has 0 saturated heterocycles. The summed E-state index contributed by atoms with van der Waals surface area (Å²) in [6, 6.07) is 0. The second-order valence-corrected chi connectivity index (χ2v) is 6.06. The normalized spacial score (nSPS) is 17.9. The first-order valence-electron chi connectivity index (χ1n) is 7.97. The maximum Gasteiger partial charge on any atom is 0.223 e. The molecular weight excluding hydrogens is 222 g/mol. The first kappa shape index (κ1) is 15.5. The van der Waals surface area contributed by atoms with Crippen LogP contribution in [0.5, 0.6) is 0 Å². The molecule has 0 atom stereocenters. The van der Waals surface area contributed by atoms with Gasteiger partial charge in [-0.05, 0) is 31.6 Å². The summed E-state index contributed by atoms with van der Waals surface area (Å²) in [4.78, 5) is 12.2.